The first-order chi connectivity index (χ1) is 16.5. The molecule has 1 fully saturated rings. The van der Waals surface area contributed by atoms with Crippen LogP contribution >= 0.6 is 0 Å². The maximum absolute atomic E-state index is 12.9. The summed E-state index contributed by atoms with van der Waals surface area (Å²) in [6, 6.07) is 15.8. The van der Waals surface area contributed by atoms with Crippen molar-refractivity contribution in [1.82, 2.24) is 10.2 Å². The minimum absolute atomic E-state index is 0.00654. The Morgan fingerprint density at radius 2 is 1.68 bits per heavy atom. The van der Waals surface area contributed by atoms with Crippen LogP contribution in [0.1, 0.15) is 42.7 Å². The lowest BCUT2D eigenvalue weighted by Crippen LogP contribution is -2.41. The molecule has 1 heterocycles. The number of likely N-dealkylation sites (tertiary alicyclic amines) is 1. The second-order valence-corrected chi connectivity index (χ2v) is 9.23. The van der Waals surface area contributed by atoms with E-state index in [0.29, 0.717) is 13.0 Å². The average molecular weight is 461 g/mol. The molecule has 3 atom stereocenters. The van der Waals surface area contributed by atoms with Gasteiger partial charge in [0.05, 0.1) is 18.4 Å². The number of hydrogen-bond donors (Lipinski definition) is 2. The zero-order valence-electron chi connectivity index (χ0n) is 18.9. The van der Waals surface area contributed by atoms with Crippen LogP contribution < -0.4 is 5.32 Å². The summed E-state index contributed by atoms with van der Waals surface area (Å²) in [7, 11) is 0. The summed E-state index contributed by atoms with van der Waals surface area (Å²) in [6.45, 7) is 0.828. The van der Waals surface area contributed by atoms with Gasteiger partial charge in [-0.3, -0.25) is 9.59 Å². The number of fused-ring (bicyclic) bond motifs is 3. The molecule has 1 saturated heterocycles. The number of carboxylic acids is 1. The van der Waals surface area contributed by atoms with E-state index < -0.39 is 12.1 Å². The highest BCUT2D eigenvalue weighted by atomic mass is 16.5. The molecular formula is C27H28N2O5. The lowest BCUT2D eigenvalue weighted by Gasteiger charge is -2.26. The van der Waals surface area contributed by atoms with Gasteiger partial charge in [-0.2, -0.15) is 0 Å². The van der Waals surface area contributed by atoms with Gasteiger partial charge in [-0.25, -0.2) is 4.79 Å². The summed E-state index contributed by atoms with van der Waals surface area (Å²) < 4.78 is 5.61. The van der Waals surface area contributed by atoms with Crippen molar-refractivity contribution in [2.24, 2.45) is 5.92 Å². The van der Waals surface area contributed by atoms with Crippen LogP contribution in [0.2, 0.25) is 0 Å². The van der Waals surface area contributed by atoms with Crippen molar-refractivity contribution in [2.45, 2.75) is 43.7 Å². The van der Waals surface area contributed by atoms with Crippen molar-refractivity contribution in [3.8, 4) is 11.1 Å². The van der Waals surface area contributed by atoms with Crippen LogP contribution in [0, 0.1) is 5.92 Å². The van der Waals surface area contributed by atoms with Crippen LogP contribution in [0.4, 0.5) is 4.79 Å². The first kappa shape index (κ1) is 22.2. The van der Waals surface area contributed by atoms with E-state index in [1.54, 1.807) is 4.90 Å². The Morgan fingerprint density at radius 1 is 1.00 bits per heavy atom. The first-order valence-electron chi connectivity index (χ1n) is 11.8. The number of alkyl carbamates (subject to hydrolysis) is 1. The van der Waals surface area contributed by atoms with Gasteiger partial charge in [0.1, 0.15) is 6.61 Å². The monoisotopic (exact) mass is 460 g/mol. The van der Waals surface area contributed by atoms with Gasteiger partial charge in [-0.15, -0.1) is 0 Å². The average Bonchev–Trinajstić information content (AvgIpc) is 3.55. The molecule has 0 radical (unpaired) electrons. The Kier molecular flexibility index (Phi) is 6.09. The lowest BCUT2D eigenvalue weighted by molar-refractivity contribution is -0.140. The Balaban J connectivity index is 1.15. The van der Waals surface area contributed by atoms with Gasteiger partial charge in [-0.1, -0.05) is 60.7 Å². The second kappa shape index (κ2) is 9.33. The van der Waals surface area contributed by atoms with Crippen LogP contribution in [0.5, 0.6) is 0 Å². The topological polar surface area (TPSA) is 95.9 Å². The molecule has 7 nitrogen and oxygen atoms in total. The molecule has 2 aromatic carbocycles. The van der Waals surface area contributed by atoms with Gasteiger partial charge < -0.3 is 20.1 Å². The van der Waals surface area contributed by atoms with Gasteiger partial charge in [0.25, 0.3) is 0 Å². The third-order valence-corrected chi connectivity index (χ3v) is 7.12. The van der Waals surface area contributed by atoms with Crippen LogP contribution in [0.3, 0.4) is 0 Å². The van der Waals surface area contributed by atoms with Crippen molar-refractivity contribution in [1.29, 1.82) is 0 Å². The molecule has 0 bridgehead atoms. The number of nitrogens with one attached hydrogen (secondary N) is 1. The molecular weight excluding hydrogens is 432 g/mol. The number of hydrogen-bond acceptors (Lipinski definition) is 4. The van der Waals surface area contributed by atoms with Crippen molar-refractivity contribution < 1.29 is 24.2 Å². The number of amides is 2. The standard InChI is InChI=1S/C27H28N2O5/c30-25(31)15-19-6-5-13-29(19)26(32)17-11-12-18(14-17)28-27(33)34-16-24-22-9-3-1-7-20(22)21-8-2-4-10-23(21)24/h1-4,7-12,17-19,24H,5-6,13-16H2,(H,28,33)(H,30,31)/t17?,18?,19-/m1/s1. The van der Waals surface area contributed by atoms with E-state index in [1.165, 1.54) is 11.1 Å². The quantitative estimate of drug-likeness (QED) is 0.637. The Bertz CT molecular complexity index is 1100. The van der Waals surface area contributed by atoms with E-state index in [2.05, 4.69) is 29.6 Å². The third kappa shape index (κ3) is 4.30. The van der Waals surface area contributed by atoms with Gasteiger partial charge >= 0.3 is 12.1 Å². The van der Waals surface area contributed by atoms with Crippen LogP contribution in [0.25, 0.3) is 11.1 Å². The molecule has 1 aliphatic heterocycles. The normalized spacial score (nSPS) is 22.9. The zero-order chi connectivity index (χ0) is 23.7. The van der Waals surface area contributed by atoms with Crippen molar-refractivity contribution in [3.63, 3.8) is 0 Å². The number of ether oxygens (including phenoxy) is 1. The zero-order valence-corrected chi connectivity index (χ0v) is 18.9. The van der Waals surface area contributed by atoms with Crippen molar-refractivity contribution in [3.05, 3.63) is 71.8 Å². The molecule has 0 saturated carbocycles. The summed E-state index contributed by atoms with van der Waals surface area (Å²) in [5, 5.41) is 12.0. The fraction of sp³-hybridized carbons (Fsp3) is 0.370. The minimum Gasteiger partial charge on any atom is -0.481 e. The van der Waals surface area contributed by atoms with Gasteiger partial charge in [-0.05, 0) is 41.5 Å². The van der Waals surface area contributed by atoms with Crippen molar-refractivity contribution >= 4 is 18.0 Å². The van der Waals surface area contributed by atoms with Crippen LogP contribution in [-0.2, 0) is 14.3 Å². The minimum atomic E-state index is -0.888. The van der Waals surface area contributed by atoms with E-state index >= 15 is 0 Å². The fourth-order valence-corrected chi connectivity index (χ4v) is 5.53. The fourth-order valence-electron chi connectivity index (χ4n) is 5.53. The molecule has 2 amide bonds. The van der Waals surface area contributed by atoms with Crippen molar-refractivity contribution in [2.75, 3.05) is 13.2 Å². The van der Waals surface area contributed by atoms with E-state index in [-0.39, 0.29) is 42.9 Å². The smallest absolute Gasteiger partial charge is 0.407 e. The van der Waals surface area contributed by atoms with E-state index in [4.69, 9.17) is 9.84 Å². The molecule has 2 aliphatic carbocycles. The largest absolute Gasteiger partial charge is 0.481 e. The lowest BCUT2D eigenvalue weighted by atomic mass is 9.98. The summed E-state index contributed by atoms with van der Waals surface area (Å²) in [5.74, 6) is -1.31. The van der Waals surface area contributed by atoms with E-state index in [1.807, 2.05) is 36.4 Å². The second-order valence-electron chi connectivity index (χ2n) is 9.23. The number of rotatable bonds is 6. The summed E-state index contributed by atoms with van der Waals surface area (Å²) in [4.78, 5) is 38.3. The molecule has 7 heteroatoms. The number of carboxylic acid groups (broad SMARTS) is 1. The number of nitrogens with zero attached hydrogens (tertiary/aromatic N) is 1. The predicted octanol–water partition coefficient (Wildman–Crippen LogP) is 3.94. The molecule has 2 unspecified atom stereocenters. The van der Waals surface area contributed by atoms with E-state index in [0.717, 1.165) is 24.0 Å². The van der Waals surface area contributed by atoms with E-state index in [9.17, 15) is 14.4 Å². The molecule has 3 aliphatic rings. The molecule has 5 rings (SSSR count). The maximum Gasteiger partial charge on any atom is 0.407 e. The van der Waals surface area contributed by atoms with Crippen LogP contribution in [0.15, 0.2) is 60.7 Å². The molecule has 2 aromatic rings. The number of benzene rings is 2. The van der Waals surface area contributed by atoms with Crippen LogP contribution in [-0.4, -0.2) is 53.2 Å². The van der Waals surface area contributed by atoms with Gasteiger partial charge in [0, 0.05) is 18.5 Å². The maximum atomic E-state index is 12.9. The Labute approximate surface area is 198 Å². The highest BCUT2D eigenvalue weighted by Crippen LogP contribution is 2.44. The Morgan fingerprint density at radius 3 is 2.35 bits per heavy atom. The van der Waals surface area contributed by atoms with Gasteiger partial charge in [0.2, 0.25) is 5.91 Å². The molecule has 176 valence electrons. The molecule has 2 N–H and O–H groups in total. The predicted molar refractivity (Wildman–Crippen MR) is 126 cm³/mol. The first-order valence-corrected chi connectivity index (χ1v) is 11.8. The third-order valence-electron chi connectivity index (χ3n) is 7.12. The Hall–Kier alpha value is -3.61. The number of carbonyl (C=O) groups excluding carboxylic acids is 2. The summed E-state index contributed by atoms with van der Waals surface area (Å²) in [5.41, 5.74) is 4.67. The number of carbonyl (C=O) groups is 3. The number of aliphatic carboxylic acids is 1. The molecule has 0 aromatic heterocycles. The molecule has 34 heavy (non-hydrogen) atoms. The highest BCUT2D eigenvalue weighted by Gasteiger charge is 2.36. The summed E-state index contributed by atoms with van der Waals surface area (Å²) in [6.07, 6.45) is 5.11. The highest BCUT2D eigenvalue weighted by molar-refractivity contribution is 5.83. The SMILES string of the molecule is O=C(O)C[C@H]1CCCN1C(=O)C1C=CC(NC(=O)OCC2c3ccccc3-c3ccccc32)C1. The summed E-state index contributed by atoms with van der Waals surface area (Å²) >= 11 is 0. The molecule has 0 spiro atoms. The van der Waals surface area contributed by atoms with Gasteiger partial charge in [0.15, 0.2) is 0 Å².